The van der Waals surface area contributed by atoms with Crippen molar-refractivity contribution in [1.82, 2.24) is 14.8 Å². The third-order valence-electron chi connectivity index (χ3n) is 4.77. The molecule has 9 heteroatoms. The number of anilines is 1. The number of nitrogens with zero attached hydrogens (tertiary/aromatic N) is 3. The van der Waals surface area contributed by atoms with Crippen molar-refractivity contribution < 1.29 is 18.3 Å². The van der Waals surface area contributed by atoms with Crippen LogP contribution in [-0.2, 0) is 4.79 Å². The Morgan fingerprint density at radius 1 is 1.21 bits per heavy atom. The summed E-state index contributed by atoms with van der Waals surface area (Å²) in [4.78, 5) is 12.5. The largest absolute Gasteiger partial charge is 0.435 e. The van der Waals surface area contributed by atoms with E-state index in [2.05, 4.69) is 24.8 Å². The third kappa shape index (κ3) is 5.21. The minimum absolute atomic E-state index is 0.0477. The average molecular weight is 410 g/mol. The van der Waals surface area contributed by atoms with Crippen molar-refractivity contribution in [2.45, 2.75) is 69.0 Å². The summed E-state index contributed by atoms with van der Waals surface area (Å²) in [6.07, 6.45) is 5.89. The van der Waals surface area contributed by atoms with Crippen molar-refractivity contribution in [2.24, 2.45) is 0 Å². The zero-order valence-electron chi connectivity index (χ0n) is 15.9. The third-order valence-corrected chi connectivity index (χ3v) is 5.83. The van der Waals surface area contributed by atoms with Crippen LogP contribution in [-0.4, -0.2) is 32.5 Å². The lowest BCUT2D eigenvalue weighted by Crippen LogP contribution is -2.23. The van der Waals surface area contributed by atoms with Crippen molar-refractivity contribution in [3.63, 3.8) is 0 Å². The summed E-state index contributed by atoms with van der Waals surface area (Å²) in [5, 5.41) is 11.6. The molecule has 1 fully saturated rings. The molecule has 0 spiro atoms. The van der Waals surface area contributed by atoms with Crippen molar-refractivity contribution in [3.05, 3.63) is 30.1 Å². The van der Waals surface area contributed by atoms with Gasteiger partial charge in [-0.25, -0.2) is 0 Å². The number of ether oxygens (including phenoxy) is 1. The number of carbonyl (C=O) groups excluding carboxylic acids is 1. The summed E-state index contributed by atoms with van der Waals surface area (Å²) < 4.78 is 30.9. The first kappa shape index (κ1) is 20.6. The number of carbonyl (C=O) groups is 1. The number of aromatic nitrogens is 3. The van der Waals surface area contributed by atoms with Crippen LogP contribution in [0.3, 0.4) is 0 Å². The molecule has 1 amide bonds. The van der Waals surface area contributed by atoms with Crippen LogP contribution in [0.4, 0.5) is 14.5 Å². The summed E-state index contributed by atoms with van der Waals surface area (Å²) >= 11 is 1.38. The van der Waals surface area contributed by atoms with Crippen molar-refractivity contribution in [2.75, 3.05) is 5.32 Å². The van der Waals surface area contributed by atoms with E-state index >= 15 is 0 Å². The van der Waals surface area contributed by atoms with E-state index in [1.165, 1.54) is 55.3 Å². The Kier molecular flexibility index (Phi) is 6.88. The minimum Gasteiger partial charge on any atom is -0.435 e. The van der Waals surface area contributed by atoms with Gasteiger partial charge in [-0.05, 0) is 51.0 Å². The number of alkyl halides is 2. The van der Waals surface area contributed by atoms with Gasteiger partial charge in [-0.15, -0.1) is 10.2 Å². The van der Waals surface area contributed by atoms with Gasteiger partial charge in [0.2, 0.25) is 5.91 Å². The standard InChI is InChI=1S/C19H24F2N4O2S/c1-12(17(26)22-14-8-10-16(11-9-14)27-18(20)21)28-19-24-23-13(2)25(19)15-6-4-3-5-7-15/h8-12,15,18H,3-7H2,1-2H3,(H,22,26). The van der Waals surface area contributed by atoms with E-state index < -0.39 is 6.61 Å². The van der Waals surface area contributed by atoms with Crippen LogP contribution in [0.15, 0.2) is 29.4 Å². The topological polar surface area (TPSA) is 69.0 Å². The SMILES string of the molecule is Cc1nnc(SC(C)C(=O)Nc2ccc(OC(F)F)cc2)n1C1CCCCC1. The molecule has 28 heavy (non-hydrogen) atoms. The van der Waals surface area contributed by atoms with Gasteiger partial charge in [0, 0.05) is 11.7 Å². The van der Waals surface area contributed by atoms with Crippen LogP contribution < -0.4 is 10.1 Å². The predicted molar refractivity (Wildman–Crippen MR) is 104 cm³/mol. The van der Waals surface area contributed by atoms with Gasteiger partial charge in [0.15, 0.2) is 5.16 Å². The summed E-state index contributed by atoms with van der Waals surface area (Å²) in [7, 11) is 0. The number of hydrogen-bond acceptors (Lipinski definition) is 5. The molecule has 1 aromatic carbocycles. The zero-order chi connectivity index (χ0) is 20.1. The number of aryl methyl sites for hydroxylation is 1. The Balaban J connectivity index is 1.61. The van der Waals surface area contributed by atoms with Crippen molar-refractivity contribution >= 4 is 23.4 Å². The molecular weight excluding hydrogens is 386 g/mol. The Bertz CT molecular complexity index is 792. The monoisotopic (exact) mass is 410 g/mol. The molecule has 0 radical (unpaired) electrons. The van der Waals surface area contributed by atoms with Gasteiger partial charge in [-0.1, -0.05) is 31.0 Å². The van der Waals surface area contributed by atoms with Gasteiger partial charge >= 0.3 is 6.61 Å². The summed E-state index contributed by atoms with van der Waals surface area (Å²) in [5.41, 5.74) is 0.518. The molecule has 1 atom stereocenters. The highest BCUT2D eigenvalue weighted by molar-refractivity contribution is 8.00. The van der Waals surface area contributed by atoms with Crippen LogP contribution in [0.2, 0.25) is 0 Å². The fourth-order valence-electron chi connectivity index (χ4n) is 3.37. The minimum atomic E-state index is -2.87. The van der Waals surface area contributed by atoms with E-state index in [-0.39, 0.29) is 16.9 Å². The fraction of sp³-hybridized carbons (Fsp3) is 0.526. The molecule has 3 rings (SSSR count). The van der Waals surface area contributed by atoms with Crippen LogP contribution in [0, 0.1) is 6.92 Å². The van der Waals surface area contributed by atoms with E-state index in [0.29, 0.717) is 11.7 Å². The lowest BCUT2D eigenvalue weighted by atomic mass is 9.95. The first-order chi connectivity index (χ1) is 13.4. The molecule has 1 unspecified atom stereocenters. The number of amides is 1. The number of halogens is 2. The maximum Gasteiger partial charge on any atom is 0.387 e. The van der Waals surface area contributed by atoms with Gasteiger partial charge in [0.05, 0.1) is 5.25 Å². The predicted octanol–water partition coefficient (Wildman–Crippen LogP) is 4.81. The van der Waals surface area contributed by atoms with E-state index in [9.17, 15) is 13.6 Å². The summed E-state index contributed by atoms with van der Waals surface area (Å²) in [6.45, 7) is 0.880. The second kappa shape index (κ2) is 9.36. The highest BCUT2D eigenvalue weighted by Gasteiger charge is 2.24. The summed E-state index contributed by atoms with van der Waals surface area (Å²) in [6, 6.07) is 6.23. The quantitative estimate of drug-likeness (QED) is 0.663. The van der Waals surface area contributed by atoms with Gasteiger partial charge < -0.3 is 14.6 Å². The average Bonchev–Trinajstić information content (AvgIpc) is 3.03. The van der Waals surface area contributed by atoms with Gasteiger partial charge in [0.25, 0.3) is 0 Å². The van der Waals surface area contributed by atoms with E-state index in [0.717, 1.165) is 23.8 Å². The number of hydrogen-bond donors (Lipinski definition) is 1. The maximum absolute atomic E-state index is 12.5. The van der Waals surface area contributed by atoms with E-state index in [4.69, 9.17) is 0 Å². The molecule has 0 saturated heterocycles. The highest BCUT2D eigenvalue weighted by atomic mass is 32.2. The number of thioether (sulfide) groups is 1. The molecule has 1 heterocycles. The van der Waals surface area contributed by atoms with Crippen LogP contribution in [0.25, 0.3) is 0 Å². The van der Waals surface area contributed by atoms with Gasteiger partial charge in [0.1, 0.15) is 11.6 Å². The van der Waals surface area contributed by atoms with E-state index in [1.807, 2.05) is 13.8 Å². The molecule has 1 aromatic heterocycles. The molecule has 1 aliphatic carbocycles. The molecule has 152 valence electrons. The second-order valence-corrected chi connectivity index (χ2v) is 8.15. The number of benzene rings is 1. The molecule has 6 nitrogen and oxygen atoms in total. The molecule has 1 N–H and O–H groups in total. The normalized spacial score (nSPS) is 16.2. The van der Waals surface area contributed by atoms with E-state index in [1.54, 1.807) is 0 Å². The smallest absolute Gasteiger partial charge is 0.387 e. The maximum atomic E-state index is 12.5. The summed E-state index contributed by atoms with van der Waals surface area (Å²) in [5.74, 6) is 0.728. The number of nitrogens with one attached hydrogen (secondary N) is 1. The first-order valence-corrected chi connectivity index (χ1v) is 10.3. The lowest BCUT2D eigenvalue weighted by Gasteiger charge is -2.25. The highest BCUT2D eigenvalue weighted by Crippen LogP contribution is 2.33. The molecule has 1 aliphatic rings. The van der Waals surface area contributed by atoms with Crippen LogP contribution >= 0.6 is 11.8 Å². The number of rotatable bonds is 7. The molecule has 1 saturated carbocycles. The molecular formula is C19H24F2N4O2S. The van der Waals surface area contributed by atoms with Gasteiger partial charge in [-0.2, -0.15) is 8.78 Å². The van der Waals surface area contributed by atoms with Crippen LogP contribution in [0.1, 0.15) is 50.9 Å². The lowest BCUT2D eigenvalue weighted by molar-refractivity contribution is -0.115. The Morgan fingerprint density at radius 3 is 2.54 bits per heavy atom. The second-order valence-electron chi connectivity index (χ2n) is 6.84. The molecule has 2 aromatic rings. The molecule has 0 bridgehead atoms. The Hall–Kier alpha value is -2.16. The van der Waals surface area contributed by atoms with Crippen molar-refractivity contribution in [3.8, 4) is 5.75 Å². The fourth-order valence-corrected chi connectivity index (χ4v) is 4.33. The molecule has 0 aliphatic heterocycles. The first-order valence-electron chi connectivity index (χ1n) is 9.38. The van der Waals surface area contributed by atoms with Gasteiger partial charge in [-0.3, -0.25) is 4.79 Å². The van der Waals surface area contributed by atoms with Crippen molar-refractivity contribution in [1.29, 1.82) is 0 Å². The van der Waals surface area contributed by atoms with Crippen LogP contribution in [0.5, 0.6) is 5.75 Å². The Morgan fingerprint density at radius 2 is 1.89 bits per heavy atom. The zero-order valence-corrected chi connectivity index (χ0v) is 16.7. The Labute approximate surface area is 167 Å².